The van der Waals surface area contributed by atoms with Gasteiger partial charge in [-0.25, -0.2) is 8.78 Å². The number of rotatable bonds is 7. The van der Waals surface area contributed by atoms with E-state index in [2.05, 4.69) is 35.1 Å². The lowest BCUT2D eigenvalue weighted by atomic mass is 9.99. The zero-order valence-corrected chi connectivity index (χ0v) is 12.5. The Morgan fingerprint density at radius 2 is 1.94 bits per heavy atom. The Balaban J connectivity index is 2.59. The van der Waals surface area contributed by atoms with Gasteiger partial charge in [0.15, 0.2) is 0 Å². The van der Waals surface area contributed by atoms with Crippen molar-refractivity contribution in [2.24, 2.45) is 5.92 Å². The molecule has 1 rings (SSSR count). The molecule has 0 aliphatic rings. The highest BCUT2D eigenvalue weighted by atomic mass is 79.9. The molecular formula is C14H20BrF2N. The summed E-state index contributed by atoms with van der Waals surface area (Å²) >= 11 is 2.97. The largest absolute Gasteiger partial charge is 0.382 e. The predicted octanol–water partition coefficient (Wildman–Crippen LogP) is 5.36. The van der Waals surface area contributed by atoms with Crippen molar-refractivity contribution >= 4 is 21.6 Å². The van der Waals surface area contributed by atoms with E-state index in [0.717, 1.165) is 25.3 Å². The Hall–Kier alpha value is -0.640. The molecule has 0 radical (unpaired) electrons. The number of nitrogens with one attached hydrogen (secondary N) is 1. The van der Waals surface area contributed by atoms with Gasteiger partial charge in [0.05, 0.1) is 10.2 Å². The van der Waals surface area contributed by atoms with Gasteiger partial charge in [0.2, 0.25) is 0 Å². The van der Waals surface area contributed by atoms with E-state index in [1.54, 1.807) is 0 Å². The quantitative estimate of drug-likeness (QED) is 0.667. The second-order valence-electron chi connectivity index (χ2n) is 4.54. The molecule has 4 heteroatoms. The highest BCUT2D eigenvalue weighted by molar-refractivity contribution is 9.10. The summed E-state index contributed by atoms with van der Waals surface area (Å²) in [5, 5.41) is 3.01. The molecule has 0 bridgehead atoms. The van der Waals surface area contributed by atoms with Crippen molar-refractivity contribution in [2.75, 3.05) is 11.9 Å². The minimum absolute atomic E-state index is 0.156. The van der Waals surface area contributed by atoms with Crippen molar-refractivity contribution in [3.63, 3.8) is 0 Å². The van der Waals surface area contributed by atoms with E-state index in [1.807, 2.05) is 0 Å². The first kappa shape index (κ1) is 15.4. The van der Waals surface area contributed by atoms with Crippen LogP contribution in [0.5, 0.6) is 0 Å². The molecule has 0 saturated heterocycles. The molecule has 102 valence electrons. The van der Waals surface area contributed by atoms with Gasteiger partial charge in [-0.2, -0.15) is 0 Å². The van der Waals surface area contributed by atoms with Crippen LogP contribution in [0.15, 0.2) is 16.6 Å². The zero-order valence-electron chi connectivity index (χ0n) is 10.9. The minimum atomic E-state index is -0.444. The van der Waals surface area contributed by atoms with Crippen LogP contribution in [0.2, 0.25) is 0 Å². The Labute approximate surface area is 116 Å². The molecular weight excluding hydrogens is 300 g/mol. The third-order valence-corrected chi connectivity index (χ3v) is 3.74. The van der Waals surface area contributed by atoms with E-state index in [4.69, 9.17) is 0 Å². The number of hydrogen-bond donors (Lipinski definition) is 1. The van der Waals surface area contributed by atoms with Crippen molar-refractivity contribution in [1.29, 1.82) is 0 Å². The Morgan fingerprint density at radius 1 is 1.22 bits per heavy atom. The van der Waals surface area contributed by atoms with E-state index in [-0.39, 0.29) is 10.2 Å². The normalized spacial score (nSPS) is 12.5. The molecule has 1 aromatic carbocycles. The topological polar surface area (TPSA) is 12.0 Å². The van der Waals surface area contributed by atoms with Gasteiger partial charge in [-0.15, -0.1) is 0 Å². The monoisotopic (exact) mass is 319 g/mol. The fourth-order valence-electron chi connectivity index (χ4n) is 1.86. The van der Waals surface area contributed by atoms with Crippen LogP contribution in [0.25, 0.3) is 0 Å². The van der Waals surface area contributed by atoms with Gasteiger partial charge in [-0.05, 0) is 34.3 Å². The predicted molar refractivity (Wildman–Crippen MR) is 75.9 cm³/mol. The first-order valence-electron chi connectivity index (χ1n) is 6.46. The molecule has 0 saturated carbocycles. The molecule has 0 fully saturated rings. The van der Waals surface area contributed by atoms with Crippen LogP contribution in [-0.2, 0) is 0 Å². The van der Waals surface area contributed by atoms with E-state index >= 15 is 0 Å². The summed E-state index contributed by atoms with van der Waals surface area (Å²) in [6.45, 7) is 4.97. The summed E-state index contributed by atoms with van der Waals surface area (Å²) in [6.07, 6.45) is 4.52. The molecule has 1 unspecified atom stereocenters. The van der Waals surface area contributed by atoms with Crippen molar-refractivity contribution in [2.45, 2.75) is 39.5 Å². The Bertz CT molecular complexity index is 382. The molecule has 0 amide bonds. The van der Waals surface area contributed by atoms with Gasteiger partial charge >= 0.3 is 0 Å². The molecule has 1 N–H and O–H groups in total. The lowest BCUT2D eigenvalue weighted by Crippen LogP contribution is -2.14. The van der Waals surface area contributed by atoms with Gasteiger partial charge in [-0.1, -0.05) is 33.1 Å². The zero-order chi connectivity index (χ0) is 13.5. The van der Waals surface area contributed by atoms with E-state index < -0.39 is 11.6 Å². The number of benzene rings is 1. The van der Waals surface area contributed by atoms with Gasteiger partial charge in [0.1, 0.15) is 11.6 Å². The highest BCUT2D eigenvalue weighted by Gasteiger charge is 2.10. The SMILES string of the molecule is CCCCC(CC)CNc1cc(F)c(Br)cc1F. The smallest absolute Gasteiger partial charge is 0.147 e. The molecule has 1 atom stereocenters. The first-order chi connectivity index (χ1) is 8.58. The summed E-state index contributed by atoms with van der Waals surface area (Å²) in [5.41, 5.74) is 0.241. The fraction of sp³-hybridized carbons (Fsp3) is 0.571. The molecule has 1 aromatic rings. The third kappa shape index (κ3) is 4.56. The summed E-state index contributed by atoms with van der Waals surface area (Å²) < 4.78 is 27.0. The average Bonchev–Trinajstić information content (AvgIpc) is 2.35. The molecule has 0 spiro atoms. The maximum absolute atomic E-state index is 13.6. The van der Waals surface area contributed by atoms with Crippen molar-refractivity contribution in [3.8, 4) is 0 Å². The van der Waals surface area contributed by atoms with Crippen molar-refractivity contribution in [1.82, 2.24) is 0 Å². The number of anilines is 1. The Kier molecular flexibility index (Phi) is 6.61. The van der Waals surface area contributed by atoms with E-state index in [0.29, 0.717) is 12.5 Å². The van der Waals surface area contributed by atoms with Gasteiger partial charge in [-0.3, -0.25) is 0 Å². The lowest BCUT2D eigenvalue weighted by Gasteiger charge is -2.16. The van der Waals surface area contributed by atoms with E-state index in [1.165, 1.54) is 12.5 Å². The molecule has 18 heavy (non-hydrogen) atoms. The maximum Gasteiger partial charge on any atom is 0.147 e. The van der Waals surface area contributed by atoms with Gasteiger partial charge in [0.25, 0.3) is 0 Å². The van der Waals surface area contributed by atoms with Gasteiger partial charge < -0.3 is 5.32 Å². The van der Waals surface area contributed by atoms with Crippen LogP contribution in [0.4, 0.5) is 14.5 Å². The number of hydrogen-bond acceptors (Lipinski definition) is 1. The third-order valence-electron chi connectivity index (χ3n) is 3.13. The van der Waals surface area contributed by atoms with Crippen LogP contribution in [-0.4, -0.2) is 6.54 Å². The summed E-state index contributed by atoms with van der Waals surface area (Å²) in [7, 11) is 0. The van der Waals surface area contributed by atoms with Gasteiger partial charge in [0, 0.05) is 12.6 Å². The van der Waals surface area contributed by atoms with Crippen LogP contribution in [0, 0.1) is 17.6 Å². The lowest BCUT2D eigenvalue weighted by molar-refractivity contribution is 0.471. The second-order valence-corrected chi connectivity index (χ2v) is 5.40. The maximum atomic E-state index is 13.6. The molecule has 0 aliphatic carbocycles. The summed E-state index contributed by atoms with van der Waals surface area (Å²) in [6, 6.07) is 2.36. The molecule has 0 aliphatic heterocycles. The minimum Gasteiger partial charge on any atom is -0.382 e. The van der Waals surface area contributed by atoms with Crippen LogP contribution in [0.3, 0.4) is 0 Å². The molecule has 0 heterocycles. The summed E-state index contributed by atoms with van der Waals surface area (Å²) in [4.78, 5) is 0. The molecule has 0 aromatic heterocycles. The van der Waals surface area contributed by atoms with Crippen molar-refractivity contribution < 1.29 is 8.78 Å². The van der Waals surface area contributed by atoms with E-state index in [9.17, 15) is 8.78 Å². The van der Waals surface area contributed by atoms with Crippen LogP contribution < -0.4 is 5.32 Å². The highest BCUT2D eigenvalue weighted by Crippen LogP contribution is 2.24. The fourth-order valence-corrected chi connectivity index (χ4v) is 2.17. The second kappa shape index (κ2) is 7.72. The average molecular weight is 320 g/mol. The standard InChI is InChI=1S/C14H20BrF2N/c1-3-5-6-10(4-2)9-18-14-8-12(16)11(15)7-13(14)17/h7-8,10,18H,3-6,9H2,1-2H3. The number of halogens is 3. The summed E-state index contributed by atoms with van der Waals surface area (Å²) in [5.74, 6) is -0.356. The molecule has 1 nitrogen and oxygen atoms in total. The first-order valence-corrected chi connectivity index (χ1v) is 7.26. The van der Waals surface area contributed by atoms with Crippen molar-refractivity contribution in [3.05, 3.63) is 28.2 Å². The van der Waals surface area contributed by atoms with Crippen LogP contribution in [0.1, 0.15) is 39.5 Å². The Morgan fingerprint density at radius 3 is 2.56 bits per heavy atom. The van der Waals surface area contributed by atoms with Crippen LogP contribution >= 0.6 is 15.9 Å². The number of unbranched alkanes of at least 4 members (excludes halogenated alkanes) is 1.